The number of pyridine rings is 1. The lowest BCUT2D eigenvalue weighted by molar-refractivity contribution is 0.0743. The summed E-state index contributed by atoms with van der Waals surface area (Å²) in [5.41, 5.74) is 3.10. The Labute approximate surface area is 231 Å². The van der Waals surface area contributed by atoms with Crippen LogP contribution in [-0.2, 0) is 0 Å². The van der Waals surface area contributed by atoms with Gasteiger partial charge < -0.3 is 15.2 Å². The molecule has 6 rings (SSSR count). The lowest BCUT2D eigenvalue weighted by Gasteiger charge is -2.25. The first kappa shape index (κ1) is 26.3. The molecule has 2 aliphatic rings. The largest absolute Gasteiger partial charge is 0.356 e. The Morgan fingerprint density at radius 2 is 1.90 bits per heavy atom. The van der Waals surface area contributed by atoms with E-state index in [0.29, 0.717) is 33.9 Å². The maximum absolute atomic E-state index is 15.0. The molecule has 3 aromatic heterocycles. The number of rotatable bonds is 5. The van der Waals surface area contributed by atoms with Crippen LogP contribution in [0.2, 0.25) is 0 Å². The number of H-pyrrole nitrogens is 1. The van der Waals surface area contributed by atoms with Crippen molar-refractivity contribution in [2.75, 3.05) is 31.5 Å². The molecule has 0 saturated carbocycles. The van der Waals surface area contributed by atoms with E-state index in [4.69, 9.17) is 0 Å². The summed E-state index contributed by atoms with van der Waals surface area (Å²) in [7, 11) is 0. The molecular formula is C30H33F2N7O. The molecule has 10 heteroatoms. The molecule has 2 aliphatic heterocycles. The number of benzene rings is 1. The molecule has 1 aromatic carbocycles. The minimum Gasteiger partial charge on any atom is -0.356 e. The van der Waals surface area contributed by atoms with E-state index in [9.17, 15) is 9.18 Å². The van der Waals surface area contributed by atoms with Crippen molar-refractivity contribution in [3.05, 3.63) is 65.1 Å². The van der Waals surface area contributed by atoms with Gasteiger partial charge in [0.2, 0.25) is 5.95 Å². The van der Waals surface area contributed by atoms with Crippen molar-refractivity contribution in [3.63, 3.8) is 0 Å². The highest BCUT2D eigenvalue weighted by atomic mass is 19.1. The number of nitrogens with one attached hydrogen (secondary N) is 2. The van der Waals surface area contributed by atoms with Gasteiger partial charge in [-0.3, -0.25) is 9.69 Å². The minimum absolute atomic E-state index is 0.0132. The molecule has 1 unspecified atom stereocenters. The maximum atomic E-state index is 15.0. The number of aromatic amines is 1. The van der Waals surface area contributed by atoms with Crippen LogP contribution in [0.4, 0.5) is 20.5 Å². The monoisotopic (exact) mass is 545 g/mol. The van der Waals surface area contributed by atoms with Crippen molar-refractivity contribution in [3.8, 4) is 11.3 Å². The van der Waals surface area contributed by atoms with Gasteiger partial charge in [-0.05, 0) is 68.5 Å². The summed E-state index contributed by atoms with van der Waals surface area (Å²) in [5, 5.41) is 3.69. The van der Waals surface area contributed by atoms with E-state index in [-0.39, 0.29) is 23.5 Å². The fourth-order valence-corrected chi connectivity index (χ4v) is 6.20. The van der Waals surface area contributed by atoms with Crippen LogP contribution in [-0.4, -0.2) is 67.9 Å². The fourth-order valence-electron chi connectivity index (χ4n) is 6.20. The Morgan fingerprint density at radius 1 is 1.07 bits per heavy atom. The number of hydrogen-bond acceptors (Lipinski definition) is 6. The second-order valence-corrected chi connectivity index (χ2v) is 11.1. The molecule has 0 radical (unpaired) electrons. The Hall–Kier alpha value is -3.92. The Bertz CT molecular complexity index is 1570. The fraction of sp³-hybridized carbons (Fsp3) is 0.400. The number of hydrogen-bond donors (Lipinski definition) is 2. The van der Waals surface area contributed by atoms with E-state index < -0.39 is 11.6 Å². The van der Waals surface area contributed by atoms with Gasteiger partial charge in [0.1, 0.15) is 17.3 Å². The zero-order valence-corrected chi connectivity index (χ0v) is 23.0. The van der Waals surface area contributed by atoms with Crippen LogP contribution < -0.4 is 5.32 Å². The van der Waals surface area contributed by atoms with Gasteiger partial charge in [0.25, 0.3) is 5.91 Å². The average Bonchev–Trinajstić information content (AvgIpc) is 3.46. The van der Waals surface area contributed by atoms with Crippen LogP contribution in [0.5, 0.6) is 0 Å². The zero-order valence-electron chi connectivity index (χ0n) is 23.0. The van der Waals surface area contributed by atoms with E-state index >= 15 is 4.39 Å². The highest BCUT2D eigenvalue weighted by Crippen LogP contribution is 2.34. The van der Waals surface area contributed by atoms with Crippen molar-refractivity contribution >= 4 is 28.6 Å². The van der Waals surface area contributed by atoms with Crippen LogP contribution in [0.3, 0.4) is 0 Å². The van der Waals surface area contributed by atoms with Crippen LogP contribution in [0.15, 0.2) is 36.7 Å². The highest BCUT2D eigenvalue weighted by Gasteiger charge is 2.31. The third kappa shape index (κ3) is 4.92. The Balaban J connectivity index is 1.22. The standard InChI is InChI=1S/C30H33F2N7O/c1-17(2)26-18(3)35-28-22(26)12-20(13-23(28)31)27-24(32)15-34-30(37-27)36-25-8-7-19(14-33-25)29(40)39-11-5-10-38-9-4-6-21(38)16-39/h7-8,12-15,17,21,35H,4-6,9-11,16H2,1-3H3,(H,33,34,36,37). The molecule has 0 aliphatic carbocycles. The molecule has 2 N–H and O–H groups in total. The molecular weight excluding hydrogens is 512 g/mol. The summed E-state index contributed by atoms with van der Waals surface area (Å²) in [4.78, 5) is 33.5. The molecule has 2 saturated heterocycles. The summed E-state index contributed by atoms with van der Waals surface area (Å²) < 4.78 is 29.9. The molecule has 5 heterocycles. The van der Waals surface area contributed by atoms with Gasteiger partial charge in [-0.25, -0.2) is 23.7 Å². The van der Waals surface area contributed by atoms with E-state index in [2.05, 4.69) is 30.2 Å². The molecule has 0 bridgehead atoms. The van der Waals surface area contributed by atoms with Gasteiger partial charge in [-0.1, -0.05) is 13.8 Å². The predicted molar refractivity (Wildman–Crippen MR) is 151 cm³/mol. The van der Waals surface area contributed by atoms with Crippen molar-refractivity contribution < 1.29 is 13.6 Å². The third-order valence-electron chi connectivity index (χ3n) is 8.03. The van der Waals surface area contributed by atoms with E-state index in [1.807, 2.05) is 25.7 Å². The lowest BCUT2D eigenvalue weighted by Crippen LogP contribution is -2.39. The SMILES string of the molecule is Cc1[nH]c2c(F)cc(-c3nc(Nc4ccc(C(=O)N5CCCN6CCCC6C5)cn4)ncc3F)cc2c1C(C)C. The number of anilines is 2. The predicted octanol–water partition coefficient (Wildman–Crippen LogP) is 5.78. The summed E-state index contributed by atoms with van der Waals surface area (Å²) in [6, 6.07) is 6.90. The molecule has 40 heavy (non-hydrogen) atoms. The van der Waals surface area contributed by atoms with Gasteiger partial charge in [0.15, 0.2) is 5.82 Å². The Kier molecular flexibility index (Phi) is 6.95. The first-order valence-corrected chi connectivity index (χ1v) is 13.9. The number of carbonyl (C=O) groups is 1. The van der Waals surface area contributed by atoms with Gasteiger partial charge in [-0.2, -0.15) is 0 Å². The number of aromatic nitrogens is 4. The van der Waals surface area contributed by atoms with Gasteiger partial charge in [0, 0.05) is 48.5 Å². The quantitative estimate of drug-likeness (QED) is 0.330. The normalized spacial score (nSPS) is 17.9. The number of carbonyl (C=O) groups excluding carboxylic acids is 1. The van der Waals surface area contributed by atoms with E-state index in [1.54, 1.807) is 18.2 Å². The van der Waals surface area contributed by atoms with Crippen LogP contribution in [0.1, 0.15) is 60.6 Å². The first-order valence-electron chi connectivity index (χ1n) is 13.9. The van der Waals surface area contributed by atoms with Crippen LogP contribution >= 0.6 is 0 Å². The smallest absolute Gasteiger partial charge is 0.255 e. The summed E-state index contributed by atoms with van der Waals surface area (Å²) >= 11 is 0. The van der Waals surface area contributed by atoms with Gasteiger partial charge in [-0.15, -0.1) is 0 Å². The number of nitrogens with zero attached hydrogens (tertiary/aromatic N) is 5. The second kappa shape index (κ2) is 10.6. The minimum atomic E-state index is -0.658. The number of aryl methyl sites for hydroxylation is 1. The lowest BCUT2D eigenvalue weighted by atomic mass is 9.98. The molecule has 2 fully saturated rings. The van der Waals surface area contributed by atoms with Crippen LogP contribution in [0.25, 0.3) is 22.2 Å². The number of halogens is 2. The maximum Gasteiger partial charge on any atom is 0.255 e. The topological polar surface area (TPSA) is 90.0 Å². The first-order chi connectivity index (χ1) is 19.3. The molecule has 8 nitrogen and oxygen atoms in total. The zero-order chi connectivity index (χ0) is 28.0. The number of amides is 1. The van der Waals surface area contributed by atoms with Crippen molar-refractivity contribution in [2.45, 2.75) is 52.0 Å². The third-order valence-corrected chi connectivity index (χ3v) is 8.03. The Morgan fingerprint density at radius 3 is 2.67 bits per heavy atom. The van der Waals surface area contributed by atoms with Gasteiger partial charge in [0.05, 0.1) is 17.3 Å². The van der Waals surface area contributed by atoms with Crippen LogP contribution in [0, 0.1) is 18.6 Å². The van der Waals surface area contributed by atoms with Crippen molar-refractivity contribution in [2.24, 2.45) is 0 Å². The number of fused-ring (bicyclic) bond motifs is 2. The van der Waals surface area contributed by atoms with Crippen molar-refractivity contribution in [1.29, 1.82) is 0 Å². The molecule has 1 atom stereocenters. The molecule has 0 spiro atoms. The highest BCUT2D eigenvalue weighted by molar-refractivity contribution is 5.94. The van der Waals surface area contributed by atoms with Gasteiger partial charge >= 0.3 is 0 Å². The summed E-state index contributed by atoms with van der Waals surface area (Å²) in [6.45, 7) is 9.64. The van der Waals surface area contributed by atoms with E-state index in [1.165, 1.54) is 18.7 Å². The molecule has 4 aromatic rings. The average molecular weight is 546 g/mol. The van der Waals surface area contributed by atoms with E-state index in [0.717, 1.165) is 56.5 Å². The summed E-state index contributed by atoms with van der Waals surface area (Å²) in [6.07, 6.45) is 5.89. The second-order valence-electron chi connectivity index (χ2n) is 11.1. The molecule has 208 valence electrons. The van der Waals surface area contributed by atoms with Crippen molar-refractivity contribution in [1.82, 2.24) is 29.7 Å². The summed E-state index contributed by atoms with van der Waals surface area (Å²) in [5.74, 6) is -0.458. The molecule has 1 amide bonds.